The van der Waals surface area contributed by atoms with Gasteiger partial charge >= 0.3 is 0 Å². The number of hydrogen-bond acceptors (Lipinski definition) is 7. The van der Waals surface area contributed by atoms with Gasteiger partial charge in [0.2, 0.25) is 0 Å². The second-order valence-electron chi connectivity index (χ2n) is 4.83. The Kier molecular flexibility index (Phi) is 3.82. The highest BCUT2D eigenvalue weighted by atomic mass is 16.5. The molecule has 3 atom stereocenters. The Bertz CT molecular complexity index is 644. The Labute approximate surface area is 121 Å². The second-order valence-corrected chi connectivity index (χ2v) is 4.83. The summed E-state index contributed by atoms with van der Waals surface area (Å²) in [4.78, 5) is 12.7. The molecule has 2 aromatic rings. The molecule has 8 nitrogen and oxygen atoms in total. The monoisotopic (exact) mass is 291 g/mol. The average molecular weight is 291 g/mol. The van der Waals surface area contributed by atoms with Gasteiger partial charge in [0.05, 0.1) is 19.0 Å². The molecule has 0 aromatic carbocycles. The summed E-state index contributed by atoms with van der Waals surface area (Å²) < 4.78 is 7.37. The van der Waals surface area contributed by atoms with Crippen molar-refractivity contribution in [3.05, 3.63) is 25.3 Å². The van der Waals surface area contributed by atoms with Gasteiger partial charge in [0.15, 0.2) is 17.0 Å². The molecule has 3 unspecified atom stereocenters. The SMILES string of the molecule is C=CCNc1ncnc2c1ncn2C1CC(O)C(CO)O1. The maximum atomic E-state index is 9.83. The molecule has 0 radical (unpaired) electrons. The minimum absolute atomic E-state index is 0.217. The lowest BCUT2D eigenvalue weighted by Gasteiger charge is -2.13. The molecule has 21 heavy (non-hydrogen) atoms. The molecule has 1 saturated heterocycles. The number of aliphatic hydroxyl groups excluding tert-OH is 2. The van der Waals surface area contributed by atoms with Crippen LogP contribution in [0, 0.1) is 0 Å². The molecule has 3 rings (SSSR count). The van der Waals surface area contributed by atoms with Gasteiger partial charge in [0, 0.05) is 13.0 Å². The number of aromatic nitrogens is 4. The molecule has 0 saturated carbocycles. The van der Waals surface area contributed by atoms with Crippen molar-refractivity contribution >= 4 is 17.0 Å². The number of nitrogens with zero attached hydrogens (tertiary/aromatic N) is 4. The van der Waals surface area contributed by atoms with E-state index in [1.807, 2.05) is 0 Å². The van der Waals surface area contributed by atoms with Crippen molar-refractivity contribution in [2.75, 3.05) is 18.5 Å². The van der Waals surface area contributed by atoms with Crippen molar-refractivity contribution in [2.24, 2.45) is 0 Å². The first-order valence-electron chi connectivity index (χ1n) is 6.71. The van der Waals surface area contributed by atoms with Crippen LogP contribution in [0.2, 0.25) is 0 Å². The topological polar surface area (TPSA) is 105 Å². The Balaban J connectivity index is 1.92. The number of fused-ring (bicyclic) bond motifs is 1. The van der Waals surface area contributed by atoms with Crippen LogP contribution in [-0.4, -0.2) is 55.1 Å². The second kappa shape index (κ2) is 5.76. The van der Waals surface area contributed by atoms with Gasteiger partial charge in [-0.15, -0.1) is 6.58 Å². The quantitative estimate of drug-likeness (QED) is 0.669. The van der Waals surface area contributed by atoms with Crippen LogP contribution in [0.25, 0.3) is 11.2 Å². The van der Waals surface area contributed by atoms with E-state index in [-0.39, 0.29) is 6.61 Å². The maximum absolute atomic E-state index is 9.83. The summed E-state index contributed by atoms with van der Waals surface area (Å²) in [5.41, 5.74) is 1.25. The normalized spacial score (nSPS) is 25.3. The fourth-order valence-electron chi connectivity index (χ4n) is 2.41. The Hall–Kier alpha value is -2.03. The van der Waals surface area contributed by atoms with Gasteiger partial charge in [0.25, 0.3) is 0 Å². The molecule has 8 heteroatoms. The van der Waals surface area contributed by atoms with Gasteiger partial charge in [-0.05, 0) is 0 Å². The smallest absolute Gasteiger partial charge is 0.167 e. The van der Waals surface area contributed by atoms with Gasteiger partial charge < -0.3 is 20.3 Å². The van der Waals surface area contributed by atoms with Crippen molar-refractivity contribution in [3.63, 3.8) is 0 Å². The van der Waals surface area contributed by atoms with E-state index in [4.69, 9.17) is 9.84 Å². The highest BCUT2D eigenvalue weighted by molar-refractivity contribution is 5.82. The Morgan fingerprint density at radius 3 is 3.05 bits per heavy atom. The zero-order valence-corrected chi connectivity index (χ0v) is 11.4. The summed E-state index contributed by atoms with van der Waals surface area (Å²) in [6.45, 7) is 4.00. The maximum Gasteiger partial charge on any atom is 0.167 e. The molecule has 2 aromatic heterocycles. The van der Waals surface area contributed by atoms with Gasteiger partial charge in [-0.2, -0.15) is 0 Å². The van der Waals surface area contributed by atoms with Crippen molar-refractivity contribution in [3.8, 4) is 0 Å². The van der Waals surface area contributed by atoms with E-state index in [9.17, 15) is 5.11 Å². The lowest BCUT2D eigenvalue weighted by atomic mass is 10.2. The number of hydrogen-bond donors (Lipinski definition) is 3. The van der Waals surface area contributed by atoms with Crippen LogP contribution in [0.15, 0.2) is 25.3 Å². The molecule has 1 fully saturated rings. The van der Waals surface area contributed by atoms with Crippen LogP contribution in [0.5, 0.6) is 0 Å². The third-order valence-corrected chi connectivity index (χ3v) is 3.47. The molecule has 3 heterocycles. The number of anilines is 1. The molecule has 1 aliphatic heterocycles. The zero-order chi connectivity index (χ0) is 14.8. The molecular formula is C13H17N5O3. The van der Waals surface area contributed by atoms with E-state index in [1.54, 1.807) is 17.0 Å². The first-order valence-corrected chi connectivity index (χ1v) is 6.71. The molecule has 0 aliphatic carbocycles. The number of imidazole rings is 1. The minimum atomic E-state index is -0.697. The summed E-state index contributed by atoms with van der Waals surface area (Å²) in [6.07, 6.45) is 3.49. The van der Waals surface area contributed by atoms with Crippen LogP contribution in [-0.2, 0) is 4.74 Å². The van der Waals surface area contributed by atoms with Crippen molar-refractivity contribution in [1.82, 2.24) is 19.5 Å². The number of rotatable bonds is 5. The van der Waals surface area contributed by atoms with Gasteiger partial charge in [-0.1, -0.05) is 6.08 Å². The van der Waals surface area contributed by atoms with Gasteiger partial charge in [-0.25, -0.2) is 15.0 Å². The highest BCUT2D eigenvalue weighted by Crippen LogP contribution is 2.31. The fraction of sp³-hybridized carbons (Fsp3) is 0.462. The third-order valence-electron chi connectivity index (χ3n) is 3.47. The van der Waals surface area contributed by atoms with Crippen molar-refractivity contribution in [2.45, 2.75) is 24.9 Å². The van der Waals surface area contributed by atoms with Crippen LogP contribution in [0.1, 0.15) is 12.6 Å². The lowest BCUT2D eigenvalue weighted by molar-refractivity contribution is -0.0432. The molecule has 0 bridgehead atoms. The minimum Gasteiger partial charge on any atom is -0.394 e. The van der Waals surface area contributed by atoms with E-state index in [0.717, 1.165) is 0 Å². The summed E-state index contributed by atoms with van der Waals surface area (Å²) in [5.74, 6) is 0.621. The first-order chi connectivity index (χ1) is 10.2. The van der Waals surface area contributed by atoms with Crippen LogP contribution in [0.4, 0.5) is 5.82 Å². The zero-order valence-electron chi connectivity index (χ0n) is 11.4. The Morgan fingerprint density at radius 1 is 1.48 bits per heavy atom. The molecule has 3 N–H and O–H groups in total. The van der Waals surface area contributed by atoms with E-state index in [0.29, 0.717) is 29.9 Å². The summed E-state index contributed by atoms with van der Waals surface area (Å²) in [6, 6.07) is 0. The fourth-order valence-corrected chi connectivity index (χ4v) is 2.41. The lowest BCUT2D eigenvalue weighted by Crippen LogP contribution is -2.24. The molecule has 0 spiro atoms. The largest absolute Gasteiger partial charge is 0.394 e. The molecule has 0 amide bonds. The predicted octanol–water partition coefficient (Wildman–Crippen LogP) is 0.0649. The number of aliphatic hydroxyl groups is 2. The first kappa shape index (κ1) is 13.9. The van der Waals surface area contributed by atoms with E-state index in [2.05, 4.69) is 26.8 Å². The summed E-state index contributed by atoms with van der Waals surface area (Å²) >= 11 is 0. The predicted molar refractivity (Wildman–Crippen MR) is 75.6 cm³/mol. The van der Waals surface area contributed by atoms with Crippen LogP contribution in [0.3, 0.4) is 0 Å². The van der Waals surface area contributed by atoms with E-state index >= 15 is 0 Å². The summed E-state index contributed by atoms with van der Waals surface area (Å²) in [7, 11) is 0. The number of ether oxygens (including phenoxy) is 1. The molecular weight excluding hydrogens is 274 g/mol. The third kappa shape index (κ3) is 2.48. The van der Waals surface area contributed by atoms with Gasteiger partial charge in [-0.3, -0.25) is 4.57 Å². The highest BCUT2D eigenvalue weighted by Gasteiger charge is 2.35. The van der Waals surface area contributed by atoms with Crippen LogP contribution >= 0.6 is 0 Å². The average Bonchev–Trinajstić information content (AvgIpc) is 3.08. The van der Waals surface area contributed by atoms with Crippen molar-refractivity contribution in [1.29, 1.82) is 0 Å². The molecule has 1 aliphatic rings. The van der Waals surface area contributed by atoms with Gasteiger partial charge in [0.1, 0.15) is 18.7 Å². The van der Waals surface area contributed by atoms with E-state index in [1.165, 1.54) is 6.33 Å². The molecule has 112 valence electrons. The number of nitrogens with one attached hydrogen (secondary N) is 1. The van der Waals surface area contributed by atoms with E-state index < -0.39 is 18.4 Å². The van der Waals surface area contributed by atoms with Crippen LogP contribution < -0.4 is 5.32 Å². The standard InChI is InChI=1S/C13H17N5O3/c1-2-3-14-12-11-13(16-6-15-12)18(7-17-11)10-4-8(20)9(5-19)21-10/h2,6-10,19-20H,1,3-5H2,(H,14,15,16). The van der Waals surface area contributed by atoms with Crippen molar-refractivity contribution < 1.29 is 14.9 Å². The summed E-state index contributed by atoms with van der Waals surface area (Å²) in [5, 5.41) is 22.1. The Morgan fingerprint density at radius 2 is 2.33 bits per heavy atom.